The van der Waals surface area contributed by atoms with Crippen molar-refractivity contribution in [2.75, 3.05) is 0 Å². The Hall–Kier alpha value is -0.370. The van der Waals surface area contributed by atoms with Gasteiger partial charge in [0, 0.05) is 22.9 Å². The highest BCUT2D eigenvalue weighted by atomic mass is 16.1. The lowest BCUT2D eigenvalue weighted by Crippen LogP contribution is -2.57. The van der Waals surface area contributed by atoms with Crippen molar-refractivity contribution < 1.29 is 4.79 Å². The van der Waals surface area contributed by atoms with Crippen LogP contribution >= 0.6 is 0 Å². The molecular weight excluding hydrogens is 186 g/mol. The number of carbonyl (C=O) groups is 1. The monoisotopic (exact) mass is 213 g/mol. The van der Waals surface area contributed by atoms with E-state index in [2.05, 4.69) is 33.0 Å². The summed E-state index contributed by atoms with van der Waals surface area (Å²) in [6.07, 6.45) is 0. The topological polar surface area (TPSA) is 29.1 Å². The van der Waals surface area contributed by atoms with Crippen LogP contribution in [0.1, 0.15) is 55.4 Å². The molecule has 0 fully saturated rings. The fraction of sp³-hybridized carbons (Fsp3) is 0.923. The minimum absolute atomic E-state index is 0.0910. The Morgan fingerprint density at radius 1 is 1.00 bits per heavy atom. The standard InChI is InChI=1S/C13H27NO/c1-9(2)11(15)12(5,6)13(7,8)14-10(3)4/h9-10,14H,1-8H3. The van der Waals surface area contributed by atoms with E-state index in [0.717, 1.165) is 0 Å². The van der Waals surface area contributed by atoms with Crippen LogP contribution in [0.25, 0.3) is 0 Å². The van der Waals surface area contributed by atoms with Crippen LogP contribution in [0.5, 0.6) is 0 Å². The maximum atomic E-state index is 12.2. The van der Waals surface area contributed by atoms with Gasteiger partial charge in [0.25, 0.3) is 0 Å². The van der Waals surface area contributed by atoms with E-state index in [-0.39, 0.29) is 16.9 Å². The van der Waals surface area contributed by atoms with Crippen molar-refractivity contribution in [3.05, 3.63) is 0 Å². The lowest BCUT2D eigenvalue weighted by molar-refractivity contribution is -0.134. The summed E-state index contributed by atoms with van der Waals surface area (Å²) in [7, 11) is 0. The van der Waals surface area contributed by atoms with Gasteiger partial charge < -0.3 is 5.32 Å². The molecule has 0 rings (SSSR count). The number of Topliss-reactive ketones (excluding diaryl/α,β-unsaturated/α-hetero) is 1. The minimum Gasteiger partial charge on any atom is -0.309 e. The summed E-state index contributed by atoms with van der Waals surface area (Å²) < 4.78 is 0. The highest BCUT2D eigenvalue weighted by Gasteiger charge is 2.43. The van der Waals surface area contributed by atoms with Crippen LogP contribution in [0, 0.1) is 11.3 Å². The van der Waals surface area contributed by atoms with Gasteiger partial charge in [0.1, 0.15) is 5.78 Å². The Morgan fingerprint density at radius 2 is 1.40 bits per heavy atom. The fourth-order valence-electron chi connectivity index (χ4n) is 1.93. The normalized spacial score (nSPS) is 13.7. The quantitative estimate of drug-likeness (QED) is 0.760. The molecule has 15 heavy (non-hydrogen) atoms. The van der Waals surface area contributed by atoms with E-state index in [4.69, 9.17) is 0 Å². The van der Waals surface area contributed by atoms with Crippen molar-refractivity contribution in [1.29, 1.82) is 0 Å². The summed E-state index contributed by atoms with van der Waals surface area (Å²) in [5.74, 6) is 0.411. The Balaban J connectivity index is 4.91. The second-order valence-corrected chi connectivity index (χ2v) is 6.07. The summed E-state index contributed by atoms with van der Waals surface area (Å²) in [5, 5.41) is 3.47. The van der Waals surface area contributed by atoms with Gasteiger partial charge in [0.2, 0.25) is 0 Å². The molecule has 0 amide bonds. The molecule has 2 heteroatoms. The van der Waals surface area contributed by atoms with E-state index in [1.807, 2.05) is 27.7 Å². The summed E-state index contributed by atoms with van der Waals surface area (Å²) in [6.45, 7) is 16.4. The van der Waals surface area contributed by atoms with E-state index in [1.165, 1.54) is 0 Å². The summed E-state index contributed by atoms with van der Waals surface area (Å²) >= 11 is 0. The van der Waals surface area contributed by atoms with Crippen LogP contribution in [-0.2, 0) is 4.79 Å². The predicted octanol–water partition coefficient (Wildman–Crippen LogP) is 3.01. The average Bonchev–Trinajstić information content (AvgIpc) is 1.99. The molecule has 1 N–H and O–H groups in total. The molecule has 0 saturated heterocycles. The highest BCUT2D eigenvalue weighted by Crippen LogP contribution is 2.34. The molecule has 0 spiro atoms. The van der Waals surface area contributed by atoms with Crippen LogP contribution in [0.4, 0.5) is 0 Å². The lowest BCUT2D eigenvalue weighted by atomic mass is 9.68. The zero-order valence-corrected chi connectivity index (χ0v) is 11.6. The second-order valence-electron chi connectivity index (χ2n) is 6.07. The zero-order valence-electron chi connectivity index (χ0n) is 11.6. The highest BCUT2D eigenvalue weighted by molar-refractivity contribution is 5.87. The summed E-state index contributed by atoms with van der Waals surface area (Å²) in [5.41, 5.74) is -0.520. The third-order valence-corrected chi connectivity index (χ3v) is 3.35. The first-order valence-corrected chi connectivity index (χ1v) is 5.84. The van der Waals surface area contributed by atoms with E-state index in [9.17, 15) is 4.79 Å². The molecule has 2 nitrogen and oxygen atoms in total. The Morgan fingerprint density at radius 3 is 1.67 bits per heavy atom. The smallest absolute Gasteiger partial charge is 0.142 e. The van der Waals surface area contributed by atoms with Gasteiger partial charge in [-0.15, -0.1) is 0 Å². The molecule has 0 saturated carbocycles. The third-order valence-electron chi connectivity index (χ3n) is 3.35. The van der Waals surface area contributed by atoms with Crippen LogP contribution in [-0.4, -0.2) is 17.4 Å². The van der Waals surface area contributed by atoms with Crippen LogP contribution < -0.4 is 5.32 Å². The SMILES string of the molecule is CC(C)NC(C)(C)C(C)(C)C(=O)C(C)C. The van der Waals surface area contributed by atoms with Crippen molar-refractivity contribution in [3.63, 3.8) is 0 Å². The van der Waals surface area contributed by atoms with Crippen LogP contribution in [0.15, 0.2) is 0 Å². The van der Waals surface area contributed by atoms with Crippen LogP contribution in [0.2, 0.25) is 0 Å². The Bertz CT molecular complexity index is 227. The van der Waals surface area contributed by atoms with Crippen LogP contribution in [0.3, 0.4) is 0 Å². The average molecular weight is 213 g/mol. The van der Waals surface area contributed by atoms with Gasteiger partial charge in [-0.1, -0.05) is 41.5 Å². The molecule has 0 unspecified atom stereocenters. The van der Waals surface area contributed by atoms with E-state index in [1.54, 1.807) is 0 Å². The van der Waals surface area contributed by atoms with Crippen molar-refractivity contribution in [2.24, 2.45) is 11.3 Å². The molecule has 90 valence electrons. The molecular formula is C13H27NO. The van der Waals surface area contributed by atoms with Crippen molar-refractivity contribution in [2.45, 2.75) is 67.0 Å². The van der Waals surface area contributed by atoms with Gasteiger partial charge in [-0.2, -0.15) is 0 Å². The number of nitrogens with one attached hydrogen (secondary N) is 1. The minimum atomic E-state index is -0.342. The summed E-state index contributed by atoms with van der Waals surface area (Å²) in [4.78, 5) is 12.2. The lowest BCUT2D eigenvalue weighted by Gasteiger charge is -2.43. The third kappa shape index (κ3) is 3.30. The molecule has 0 aliphatic rings. The number of hydrogen-bond acceptors (Lipinski definition) is 2. The molecule has 0 aliphatic carbocycles. The van der Waals surface area contributed by atoms with Crippen molar-refractivity contribution in [3.8, 4) is 0 Å². The van der Waals surface area contributed by atoms with Gasteiger partial charge in [-0.3, -0.25) is 4.79 Å². The van der Waals surface area contributed by atoms with Gasteiger partial charge >= 0.3 is 0 Å². The zero-order chi connectivity index (χ0) is 12.4. The summed E-state index contributed by atoms with van der Waals surface area (Å²) in [6, 6.07) is 0.388. The van der Waals surface area contributed by atoms with Gasteiger partial charge in [0.05, 0.1) is 0 Å². The van der Waals surface area contributed by atoms with Gasteiger partial charge in [-0.05, 0) is 13.8 Å². The molecule has 0 radical (unpaired) electrons. The number of carbonyl (C=O) groups excluding carboxylic acids is 1. The molecule has 0 aromatic carbocycles. The fourth-order valence-corrected chi connectivity index (χ4v) is 1.93. The molecule has 0 bridgehead atoms. The first-order valence-electron chi connectivity index (χ1n) is 5.84. The van der Waals surface area contributed by atoms with Crippen molar-refractivity contribution in [1.82, 2.24) is 5.32 Å². The van der Waals surface area contributed by atoms with E-state index < -0.39 is 0 Å². The molecule has 0 aromatic rings. The maximum absolute atomic E-state index is 12.2. The Kier molecular flexibility index (Phi) is 4.53. The maximum Gasteiger partial charge on any atom is 0.142 e. The Labute approximate surface area is 94.8 Å². The van der Waals surface area contributed by atoms with E-state index in [0.29, 0.717) is 11.8 Å². The van der Waals surface area contributed by atoms with Crippen molar-refractivity contribution >= 4 is 5.78 Å². The molecule has 0 atom stereocenters. The first kappa shape index (κ1) is 14.6. The number of hydrogen-bond donors (Lipinski definition) is 1. The van der Waals surface area contributed by atoms with Gasteiger partial charge in [-0.25, -0.2) is 0 Å². The van der Waals surface area contributed by atoms with Gasteiger partial charge in [0.15, 0.2) is 0 Å². The molecule has 0 aromatic heterocycles. The predicted molar refractivity (Wildman–Crippen MR) is 66.0 cm³/mol. The second kappa shape index (κ2) is 4.65. The number of ketones is 1. The number of rotatable bonds is 5. The molecule has 0 aliphatic heterocycles. The molecule has 0 heterocycles. The first-order chi connectivity index (χ1) is 6.52. The van der Waals surface area contributed by atoms with E-state index >= 15 is 0 Å². The largest absolute Gasteiger partial charge is 0.309 e.